The molecule has 232 valence electrons. The Labute approximate surface area is 253 Å². The van der Waals surface area contributed by atoms with Crippen molar-refractivity contribution in [2.45, 2.75) is 75.6 Å². The number of fused-ring (bicyclic) bond motifs is 17. The number of nitrogens with one attached hydrogen (secondary N) is 6. The Balaban J connectivity index is 1.96. The molecule has 8 N–H and O–H groups in total. The van der Waals surface area contributed by atoms with Crippen LogP contribution in [0.2, 0.25) is 0 Å². The van der Waals surface area contributed by atoms with Gasteiger partial charge in [-0.15, -0.1) is 11.8 Å². The molecule has 15 heteroatoms. The molecule has 1 aromatic heterocycles. The van der Waals surface area contributed by atoms with E-state index < -0.39 is 65.7 Å². The zero-order valence-electron chi connectivity index (χ0n) is 24.4. The van der Waals surface area contributed by atoms with Crippen LogP contribution < -0.4 is 32.3 Å². The molecular weight excluding hydrogens is 576 g/mol. The molecule has 1 aromatic carbocycles. The SMILES string of the molecule is CC(=O)N[C@H]1Cc2ccc(cc2)SC[C@@H](C(N)=O)NC(=O)C(C(C)C)NC(=O)C(C)NC(=O)C(Cc2cnc[nH]2)NC1=O. The first-order valence-electron chi connectivity index (χ1n) is 13.8. The molecule has 0 aliphatic carbocycles. The number of H-pyrrole nitrogens is 1. The molecule has 0 spiro atoms. The Morgan fingerprint density at radius 1 is 1.00 bits per heavy atom. The van der Waals surface area contributed by atoms with Crippen molar-refractivity contribution in [3.8, 4) is 0 Å². The van der Waals surface area contributed by atoms with Gasteiger partial charge in [0.25, 0.3) is 0 Å². The fraction of sp³-hybridized carbons (Fsp3) is 0.464. The number of benzene rings is 1. The van der Waals surface area contributed by atoms with Gasteiger partial charge in [-0.3, -0.25) is 28.8 Å². The van der Waals surface area contributed by atoms with Gasteiger partial charge in [-0.25, -0.2) is 4.98 Å². The number of imidazole rings is 1. The van der Waals surface area contributed by atoms with Crippen molar-refractivity contribution in [2.75, 3.05) is 5.75 Å². The molecule has 2 bridgehead atoms. The summed E-state index contributed by atoms with van der Waals surface area (Å²) in [6.45, 7) is 6.18. The third-order valence-electron chi connectivity index (χ3n) is 6.74. The van der Waals surface area contributed by atoms with E-state index in [1.165, 1.54) is 38.1 Å². The average molecular weight is 615 g/mol. The number of carbonyl (C=O) groups is 6. The summed E-state index contributed by atoms with van der Waals surface area (Å²) in [6.07, 6.45) is 3.09. The highest BCUT2D eigenvalue weighted by Crippen LogP contribution is 2.20. The van der Waals surface area contributed by atoms with Crippen LogP contribution in [0.3, 0.4) is 0 Å². The van der Waals surface area contributed by atoms with Gasteiger partial charge in [0.1, 0.15) is 30.2 Å². The number of carbonyl (C=O) groups excluding carboxylic acids is 6. The molecular formula is C28H38N8O6S. The van der Waals surface area contributed by atoms with E-state index in [0.29, 0.717) is 5.69 Å². The van der Waals surface area contributed by atoms with E-state index in [9.17, 15) is 28.8 Å². The minimum atomic E-state index is -1.13. The zero-order valence-corrected chi connectivity index (χ0v) is 25.2. The fourth-order valence-electron chi connectivity index (χ4n) is 4.34. The summed E-state index contributed by atoms with van der Waals surface area (Å²) in [6, 6.07) is 1.85. The molecule has 4 rings (SSSR count). The highest BCUT2D eigenvalue weighted by molar-refractivity contribution is 7.99. The first-order valence-corrected chi connectivity index (χ1v) is 14.8. The molecule has 43 heavy (non-hydrogen) atoms. The molecule has 14 nitrogen and oxygen atoms in total. The van der Waals surface area contributed by atoms with E-state index in [4.69, 9.17) is 5.73 Å². The van der Waals surface area contributed by atoms with E-state index in [-0.39, 0.29) is 24.5 Å². The highest BCUT2D eigenvalue weighted by Gasteiger charge is 2.32. The maximum atomic E-state index is 13.4. The second-order valence-electron chi connectivity index (χ2n) is 10.7. The van der Waals surface area contributed by atoms with Gasteiger partial charge < -0.3 is 37.3 Å². The van der Waals surface area contributed by atoms with Gasteiger partial charge >= 0.3 is 0 Å². The first kappa shape index (κ1) is 33.1. The van der Waals surface area contributed by atoms with Crippen LogP contribution in [-0.4, -0.2) is 81.4 Å². The van der Waals surface area contributed by atoms with Gasteiger partial charge in [-0.1, -0.05) is 26.0 Å². The number of nitrogens with zero attached hydrogens (tertiary/aromatic N) is 1. The summed E-state index contributed by atoms with van der Waals surface area (Å²) in [5.41, 5.74) is 6.85. The monoisotopic (exact) mass is 614 g/mol. The molecule has 3 unspecified atom stereocenters. The quantitative estimate of drug-likeness (QED) is 0.205. The maximum Gasteiger partial charge on any atom is 0.243 e. The lowest BCUT2D eigenvalue weighted by molar-refractivity contribution is -0.135. The van der Waals surface area contributed by atoms with Crippen LogP contribution >= 0.6 is 11.8 Å². The molecule has 2 aliphatic rings. The molecule has 2 aromatic rings. The number of hydrogen-bond acceptors (Lipinski definition) is 8. The van der Waals surface area contributed by atoms with Crippen LogP contribution in [0.4, 0.5) is 0 Å². The highest BCUT2D eigenvalue weighted by atomic mass is 32.2. The Kier molecular flexibility index (Phi) is 11.7. The van der Waals surface area contributed by atoms with Crippen molar-refractivity contribution in [3.05, 3.63) is 48.0 Å². The van der Waals surface area contributed by atoms with Crippen molar-refractivity contribution < 1.29 is 28.8 Å². The third kappa shape index (κ3) is 9.84. The minimum Gasteiger partial charge on any atom is -0.368 e. The normalized spacial score (nSPS) is 24.3. The van der Waals surface area contributed by atoms with Crippen molar-refractivity contribution in [2.24, 2.45) is 11.7 Å². The molecule has 3 heterocycles. The summed E-state index contributed by atoms with van der Waals surface area (Å²) in [5.74, 6) is -3.89. The van der Waals surface area contributed by atoms with E-state index in [1.807, 2.05) is 0 Å². The van der Waals surface area contributed by atoms with E-state index in [0.717, 1.165) is 10.5 Å². The van der Waals surface area contributed by atoms with E-state index >= 15 is 0 Å². The van der Waals surface area contributed by atoms with Crippen LogP contribution in [0.1, 0.15) is 39.0 Å². The van der Waals surface area contributed by atoms with Crippen molar-refractivity contribution in [1.29, 1.82) is 0 Å². The predicted octanol–water partition coefficient (Wildman–Crippen LogP) is -1.09. The summed E-state index contributed by atoms with van der Waals surface area (Å²) < 4.78 is 0. The van der Waals surface area contributed by atoms with Crippen molar-refractivity contribution in [1.82, 2.24) is 36.6 Å². The number of rotatable bonds is 5. The van der Waals surface area contributed by atoms with Gasteiger partial charge in [-0.05, 0) is 30.5 Å². The van der Waals surface area contributed by atoms with Crippen LogP contribution in [-0.2, 0) is 41.6 Å². The molecule has 0 saturated heterocycles. The second kappa shape index (κ2) is 15.2. The number of nitrogens with two attached hydrogens (primary N) is 1. The Morgan fingerprint density at radius 3 is 2.28 bits per heavy atom. The lowest BCUT2D eigenvalue weighted by atomic mass is 10.0. The molecule has 0 fully saturated rings. The van der Waals surface area contributed by atoms with Crippen molar-refractivity contribution in [3.63, 3.8) is 0 Å². The Bertz CT molecular complexity index is 1320. The second-order valence-corrected chi connectivity index (χ2v) is 11.8. The van der Waals surface area contributed by atoms with Crippen LogP contribution in [0, 0.1) is 5.92 Å². The number of aromatic amines is 1. The number of primary amides is 1. The molecule has 0 radical (unpaired) electrons. The molecule has 5 atom stereocenters. The number of aromatic nitrogens is 2. The molecule has 6 amide bonds. The third-order valence-corrected chi connectivity index (χ3v) is 7.85. The Morgan fingerprint density at radius 2 is 1.70 bits per heavy atom. The maximum absolute atomic E-state index is 13.4. The van der Waals surface area contributed by atoms with Gasteiger partial charge in [0.05, 0.1) is 6.33 Å². The van der Waals surface area contributed by atoms with E-state index in [1.54, 1.807) is 38.1 Å². The average Bonchev–Trinajstić information content (AvgIpc) is 3.45. The number of hydrogen-bond donors (Lipinski definition) is 7. The van der Waals surface area contributed by atoms with Gasteiger partial charge in [-0.2, -0.15) is 0 Å². The summed E-state index contributed by atoms with van der Waals surface area (Å²) in [4.78, 5) is 84.8. The summed E-state index contributed by atoms with van der Waals surface area (Å²) in [7, 11) is 0. The lowest BCUT2D eigenvalue weighted by Gasteiger charge is -2.27. The zero-order chi connectivity index (χ0) is 31.7. The molecule has 2 aliphatic heterocycles. The Hall–Kier alpha value is -4.40. The van der Waals surface area contributed by atoms with E-state index in [2.05, 4.69) is 36.6 Å². The minimum absolute atomic E-state index is 0.0240. The van der Waals surface area contributed by atoms with Crippen LogP contribution in [0.5, 0.6) is 0 Å². The smallest absolute Gasteiger partial charge is 0.243 e. The van der Waals surface area contributed by atoms with Crippen LogP contribution in [0.25, 0.3) is 0 Å². The van der Waals surface area contributed by atoms with Gasteiger partial charge in [0, 0.05) is 42.3 Å². The predicted molar refractivity (Wildman–Crippen MR) is 158 cm³/mol. The fourth-order valence-corrected chi connectivity index (χ4v) is 5.27. The topological polar surface area (TPSA) is 217 Å². The van der Waals surface area contributed by atoms with Gasteiger partial charge in [0.2, 0.25) is 35.4 Å². The van der Waals surface area contributed by atoms with Crippen LogP contribution in [0.15, 0.2) is 41.7 Å². The molecule has 0 saturated carbocycles. The summed E-state index contributed by atoms with van der Waals surface area (Å²) in [5, 5.41) is 13.2. The van der Waals surface area contributed by atoms with Crippen molar-refractivity contribution >= 4 is 47.2 Å². The standard InChI is InChI=1S/C28H38N8O6S/c1-14(2)23-28(42)35-22(24(29)38)12-43-19-7-5-17(6-8-19)9-20(33-16(4)37)27(41)34-21(10-18-11-30-13-31-18)26(40)32-15(3)25(39)36-23/h5-8,11,13-15,20-23H,9-10,12H2,1-4H3,(H2,29,38)(H,30,31)(H,32,40)(H,33,37)(H,34,41)(H,35,42)(H,36,39)/t15?,20-,21?,22-,23?/m0/s1. The van der Waals surface area contributed by atoms with Gasteiger partial charge in [0.15, 0.2) is 0 Å². The number of thioether (sulfide) groups is 1. The summed E-state index contributed by atoms with van der Waals surface area (Å²) >= 11 is 1.29. The number of amides is 6. The lowest BCUT2D eigenvalue weighted by Crippen LogP contribution is -2.60. The first-order chi connectivity index (χ1) is 20.3. The largest absolute Gasteiger partial charge is 0.368 e.